The lowest BCUT2D eigenvalue weighted by Crippen LogP contribution is -2.36. The smallest absolute Gasteiger partial charge is 0.203 e. The highest BCUT2D eigenvalue weighted by Crippen LogP contribution is 2.40. The minimum absolute atomic E-state index is 0.0491. The molecular formula is C24H29N2+. The summed E-state index contributed by atoms with van der Waals surface area (Å²) in [7, 11) is 0. The van der Waals surface area contributed by atoms with Crippen molar-refractivity contribution in [3.63, 3.8) is 0 Å². The molecule has 0 radical (unpaired) electrons. The average Bonchev–Trinajstić information content (AvgIpc) is 3.21. The highest BCUT2D eigenvalue weighted by atomic mass is 15.1. The number of anilines is 1. The standard InChI is InChI=1S/C24H29N2/c1-5-25-9-7-16-11-18-13-19-12-17-8-10-26(6-2)23(17)15-21(19)24(3,4)20(18)14-22(16)25/h11-15H,5-10H2,1-4H3/q+1. The van der Waals surface area contributed by atoms with Crippen molar-refractivity contribution in [1.82, 2.24) is 4.58 Å². The highest BCUT2D eigenvalue weighted by Gasteiger charge is 2.33. The van der Waals surface area contributed by atoms with Gasteiger partial charge in [0.15, 0.2) is 0 Å². The fourth-order valence-electron chi connectivity index (χ4n) is 5.34. The number of likely N-dealkylation sites (N-methyl/N-ethyl adjacent to an activating group) is 2. The van der Waals surface area contributed by atoms with E-state index in [2.05, 4.69) is 67.5 Å². The Bertz CT molecular complexity index is 1040. The van der Waals surface area contributed by atoms with Crippen LogP contribution in [0.4, 0.5) is 5.69 Å². The molecule has 2 heteroatoms. The van der Waals surface area contributed by atoms with Crippen LogP contribution in [-0.4, -0.2) is 26.2 Å². The van der Waals surface area contributed by atoms with Gasteiger partial charge in [-0.3, -0.25) is 0 Å². The summed E-state index contributed by atoms with van der Waals surface area (Å²) in [6.45, 7) is 13.9. The van der Waals surface area contributed by atoms with Crippen LogP contribution >= 0.6 is 0 Å². The maximum Gasteiger partial charge on any atom is 0.203 e. The minimum Gasteiger partial charge on any atom is -0.371 e. The van der Waals surface area contributed by atoms with Crippen molar-refractivity contribution in [3.05, 3.63) is 62.7 Å². The van der Waals surface area contributed by atoms with Gasteiger partial charge in [0.05, 0.1) is 0 Å². The van der Waals surface area contributed by atoms with Crippen LogP contribution in [-0.2, 0) is 18.3 Å². The highest BCUT2D eigenvalue weighted by molar-refractivity contribution is 5.71. The van der Waals surface area contributed by atoms with E-state index < -0.39 is 0 Å². The SMILES string of the molecule is CCN1CCc2cc3c(cc21)C(C)(C)c1cc2c(cc1=C3)CC[N+]=2CC. The Morgan fingerprint density at radius 1 is 1.00 bits per heavy atom. The molecule has 2 aromatic carbocycles. The van der Waals surface area contributed by atoms with Crippen LogP contribution in [0.25, 0.3) is 6.08 Å². The third-order valence-corrected chi connectivity index (χ3v) is 6.91. The van der Waals surface area contributed by atoms with Gasteiger partial charge in [-0.25, -0.2) is 4.58 Å². The summed E-state index contributed by atoms with van der Waals surface area (Å²) in [5, 5.41) is 2.90. The molecule has 2 aromatic rings. The number of rotatable bonds is 2. The molecule has 5 rings (SSSR count). The van der Waals surface area contributed by atoms with Crippen molar-refractivity contribution in [2.24, 2.45) is 0 Å². The van der Waals surface area contributed by atoms with Gasteiger partial charge in [0.25, 0.3) is 0 Å². The second-order valence-corrected chi connectivity index (χ2v) is 8.57. The molecule has 0 N–H and O–H groups in total. The molecule has 0 aromatic heterocycles. The Labute approximate surface area is 156 Å². The topological polar surface area (TPSA) is 6.25 Å². The molecule has 2 aliphatic heterocycles. The summed E-state index contributed by atoms with van der Waals surface area (Å²) in [5.41, 5.74) is 8.99. The van der Waals surface area contributed by atoms with Gasteiger partial charge in [-0.05, 0) is 72.0 Å². The van der Waals surface area contributed by atoms with Gasteiger partial charge in [-0.2, -0.15) is 0 Å². The largest absolute Gasteiger partial charge is 0.371 e. The quantitative estimate of drug-likeness (QED) is 0.759. The maximum atomic E-state index is 2.53. The monoisotopic (exact) mass is 345 g/mol. The van der Waals surface area contributed by atoms with Gasteiger partial charge < -0.3 is 4.90 Å². The first-order chi connectivity index (χ1) is 12.5. The first-order valence-electron chi connectivity index (χ1n) is 10.2. The van der Waals surface area contributed by atoms with E-state index in [0.717, 1.165) is 13.1 Å². The molecule has 0 spiro atoms. The normalized spacial score (nSPS) is 18.9. The van der Waals surface area contributed by atoms with E-state index in [4.69, 9.17) is 0 Å². The van der Waals surface area contributed by atoms with E-state index in [0.29, 0.717) is 0 Å². The van der Waals surface area contributed by atoms with E-state index >= 15 is 0 Å². The molecule has 2 nitrogen and oxygen atoms in total. The van der Waals surface area contributed by atoms with Crippen molar-refractivity contribution in [2.45, 2.75) is 46.0 Å². The third kappa shape index (κ3) is 2.08. The predicted molar refractivity (Wildman–Crippen MR) is 110 cm³/mol. The van der Waals surface area contributed by atoms with Gasteiger partial charge in [0, 0.05) is 42.2 Å². The summed E-state index contributed by atoms with van der Waals surface area (Å²) in [6.07, 6.45) is 4.82. The van der Waals surface area contributed by atoms with Gasteiger partial charge >= 0.3 is 0 Å². The van der Waals surface area contributed by atoms with Gasteiger partial charge in [0.1, 0.15) is 13.1 Å². The first-order valence-corrected chi connectivity index (χ1v) is 10.2. The third-order valence-electron chi connectivity index (χ3n) is 6.91. The fraction of sp³-hybridized carbons (Fsp3) is 0.458. The number of benzene rings is 2. The summed E-state index contributed by atoms with van der Waals surface area (Å²) in [6, 6.07) is 9.92. The van der Waals surface area contributed by atoms with E-state index in [1.54, 1.807) is 0 Å². The number of hydrogen-bond acceptors (Lipinski definition) is 1. The summed E-state index contributed by atoms with van der Waals surface area (Å²) in [5.74, 6) is 0. The van der Waals surface area contributed by atoms with Crippen LogP contribution in [0, 0.1) is 0 Å². The van der Waals surface area contributed by atoms with Crippen molar-refractivity contribution in [1.29, 1.82) is 0 Å². The summed E-state index contributed by atoms with van der Waals surface area (Å²) < 4.78 is 2.53. The zero-order valence-electron chi connectivity index (χ0n) is 16.5. The van der Waals surface area contributed by atoms with Crippen LogP contribution in [0.2, 0.25) is 0 Å². The van der Waals surface area contributed by atoms with E-state index in [1.165, 1.54) is 70.0 Å². The first kappa shape index (κ1) is 16.1. The second kappa shape index (κ2) is 5.45. The van der Waals surface area contributed by atoms with Gasteiger partial charge in [-0.1, -0.05) is 13.8 Å². The van der Waals surface area contributed by atoms with Crippen molar-refractivity contribution in [3.8, 4) is 0 Å². The molecule has 0 unspecified atom stereocenters. The zero-order valence-corrected chi connectivity index (χ0v) is 16.5. The number of hydrogen-bond donors (Lipinski definition) is 0. The lowest BCUT2D eigenvalue weighted by Gasteiger charge is -2.33. The lowest BCUT2D eigenvalue weighted by molar-refractivity contribution is 0.619. The van der Waals surface area contributed by atoms with Crippen LogP contribution in [0.1, 0.15) is 55.5 Å². The second-order valence-electron chi connectivity index (χ2n) is 8.57. The molecule has 134 valence electrons. The molecule has 0 atom stereocenters. The Morgan fingerprint density at radius 2 is 1.85 bits per heavy atom. The van der Waals surface area contributed by atoms with Crippen LogP contribution in [0.5, 0.6) is 0 Å². The van der Waals surface area contributed by atoms with Crippen LogP contribution < -0.4 is 20.1 Å². The molecular weight excluding hydrogens is 316 g/mol. The Kier molecular flexibility index (Phi) is 3.38. The lowest BCUT2D eigenvalue weighted by atomic mass is 9.71. The molecule has 0 bridgehead atoms. The zero-order chi connectivity index (χ0) is 18.1. The van der Waals surface area contributed by atoms with Crippen molar-refractivity contribution in [2.75, 3.05) is 31.1 Å². The Morgan fingerprint density at radius 3 is 2.62 bits per heavy atom. The van der Waals surface area contributed by atoms with E-state index in [-0.39, 0.29) is 5.41 Å². The van der Waals surface area contributed by atoms with Crippen molar-refractivity contribution < 1.29 is 0 Å². The molecule has 3 aliphatic rings. The van der Waals surface area contributed by atoms with Gasteiger partial charge in [-0.15, -0.1) is 0 Å². The van der Waals surface area contributed by atoms with Crippen LogP contribution in [0.15, 0.2) is 24.3 Å². The maximum absolute atomic E-state index is 2.53. The summed E-state index contributed by atoms with van der Waals surface area (Å²) in [4.78, 5) is 2.53. The molecule has 0 saturated carbocycles. The van der Waals surface area contributed by atoms with Crippen LogP contribution in [0.3, 0.4) is 0 Å². The number of nitrogens with zero attached hydrogens (tertiary/aromatic N) is 2. The Balaban J connectivity index is 1.78. The molecule has 0 amide bonds. The Hall–Kier alpha value is -2.09. The van der Waals surface area contributed by atoms with Gasteiger partial charge in [0.2, 0.25) is 5.36 Å². The fourth-order valence-corrected chi connectivity index (χ4v) is 5.34. The predicted octanol–water partition coefficient (Wildman–Crippen LogP) is 2.60. The number of fused-ring (bicyclic) bond motifs is 4. The molecule has 1 aliphatic carbocycles. The average molecular weight is 346 g/mol. The molecule has 26 heavy (non-hydrogen) atoms. The van der Waals surface area contributed by atoms with E-state index in [1.807, 2.05) is 0 Å². The summed E-state index contributed by atoms with van der Waals surface area (Å²) >= 11 is 0. The minimum atomic E-state index is 0.0491. The van der Waals surface area contributed by atoms with E-state index in [9.17, 15) is 0 Å². The molecule has 0 saturated heterocycles. The molecule has 0 fully saturated rings. The molecule has 2 heterocycles. The van der Waals surface area contributed by atoms with Crippen molar-refractivity contribution >= 4 is 11.8 Å².